The zero-order valence-electron chi connectivity index (χ0n) is 20.2. The summed E-state index contributed by atoms with van der Waals surface area (Å²) in [4.78, 5) is 15.6. The Hall–Kier alpha value is -4.03. The monoisotopic (exact) mass is 490 g/mol. The minimum atomic E-state index is -0.00924. The Morgan fingerprint density at radius 3 is 2.44 bits per heavy atom. The minimum absolute atomic E-state index is 0.00924. The van der Waals surface area contributed by atoms with E-state index in [1.807, 2.05) is 30.3 Å². The molecule has 5 nitrogen and oxygen atoms in total. The van der Waals surface area contributed by atoms with Gasteiger partial charge in [0.15, 0.2) is 5.43 Å². The van der Waals surface area contributed by atoms with Crippen molar-refractivity contribution in [1.29, 1.82) is 0 Å². The molecule has 0 bridgehead atoms. The number of para-hydroxylation sites is 1. The van der Waals surface area contributed by atoms with Crippen LogP contribution in [-0.4, -0.2) is 10.2 Å². The molecule has 36 heavy (non-hydrogen) atoms. The molecule has 3 heterocycles. The van der Waals surface area contributed by atoms with Crippen molar-refractivity contribution < 1.29 is 0 Å². The minimum Gasteiger partial charge on any atom is -0.378 e. The largest absolute Gasteiger partial charge is 0.378 e. The third-order valence-corrected chi connectivity index (χ3v) is 8.05. The second kappa shape index (κ2) is 9.21. The predicted octanol–water partition coefficient (Wildman–Crippen LogP) is 6.72. The molecule has 6 heteroatoms. The van der Waals surface area contributed by atoms with Crippen molar-refractivity contribution in [2.45, 2.75) is 33.0 Å². The highest BCUT2D eigenvalue weighted by molar-refractivity contribution is 7.22. The molecule has 1 aliphatic heterocycles. The lowest BCUT2D eigenvalue weighted by atomic mass is 10.0. The molecule has 2 aromatic heterocycles. The summed E-state index contributed by atoms with van der Waals surface area (Å²) in [5, 5.41) is 13.5. The second-order valence-electron chi connectivity index (χ2n) is 9.35. The van der Waals surface area contributed by atoms with E-state index in [1.54, 1.807) is 23.7 Å². The summed E-state index contributed by atoms with van der Waals surface area (Å²) in [6.45, 7) is 5.88. The molecule has 6 rings (SSSR count). The molecule has 1 unspecified atom stereocenters. The summed E-state index contributed by atoms with van der Waals surface area (Å²) in [6.07, 6.45) is 3.48. The molecule has 3 aromatic carbocycles. The fourth-order valence-electron chi connectivity index (χ4n) is 5.01. The number of benzene rings is 3. The van der Waals surface area contributed by atoms with Crippen LogP contribution in [0.25, 0.3) is 21.2 Å². The lowest BCUT2D eigenvalue weighted by Gasteiger charge is -2.22. The molecule has 0 saturated carbocycles. The Bertz CT molecular complexity index is 1610. The van der Waals surface area contributed by atoms with Crippen molar-refractivity contribution in [3.8, 4) is 11.1 Å². The molecular weight excluding hydrogens is 464 g/mol. The smallest absolute Gasteiger partial charge is 0.190 e. The number of hydrogen-bond acceptors (Lipinski definition) is 6. The highest BCUT2D eigenvalue weighted by Gasteiger charge is 2.22. The van der Waals surface area contributed by atoms with Crippen LogP contribution in [0.5, 0.6) is 0 Å². The van der Waals surface area contributed by atoms with Gasteiger partial charge in [0.05, 0.1) is 17.4 Å². The lowest BCUT2D eigenvalue weighted by molar-refractivity contribution is 0.889. The van der Waals surface area contributed by atoms with Crippen molar-refractivity contribution in [2.24, 2.45) is 0 Å². The van der Waals surface area contributed by atoms with Crippen molar-refractivity contribution >= 4 is 32.1 Å². The first-order valence-electron chi connectivity index (χ1n) is 12.1. The molecule has 0 spiro atoms. The van der Waals surface area contributed by atoms with E-state index in [4.69, 9.17) is 0 Å². The molecule has 0 aliphatic carbocycles. The van der Waals surface area contributed by atoms with E-state index in [0.717, 1.165) is 56.1 Å². The summed E-state index contributed by atoms with van der Waals surface area (Å²) in [5.41, 5.74) is 8.06. The fourth-order valence-corrected chi connectivity index (χ4v) is 6.27. The first-order valence-corrected chi connectivity index (χ1v) is 12.9. The van der Waals surface area contributed by atoms with E-state index >= 15 is 0 Å². The zero-order valence-corrected chi connectivity index (χ0v) is 21.0. The van der Waals surface area contributed by atoms with Crippen molar-refractivity contribution in [3.63, 3.8) is 0 Å². The Balaban J connectivity index is 1.40. The number of nitrogens with one attached hydrogen (secondary N) is 1. The normalized spacial score (nSPS) is 13.6. The highest BCUT2D eigenvalue weighted by Crippen LogP contribution is 2.38. The maximum absolute atomic E-state index is 13.3. The van der Waals surface area contributed by atoms with Crippen LogP contribution in [0.1, 0.15) is 35.2 Å². The summed E-state index contributed by atoms with van der Waals surface area (Å²) in [5.74, 6) is 0. The quantitative estimate of drug-likeness (QED) is 0.296. The van der Waals surface area contributed by atoms with Crippen molar-refractivity contribution in [1.82, 2.24) is 10.2 Å². The van der Waals surface area contributed by atoms with Crippen molar-refractivity contribution in [2.75, 3.05) is 10.2 Å². The van der Waals surface area contributed by atoms with E-state index < -0.39 is 0 Å². The lowest BCUT2D eigenvalue weighted by Crippen LogP contribution is -2.16. The third-order valence-electron chi connectivity index (χ3n) is 6.80. The number of fused-ring (bicyclic) bond motifs is 2. The number of nitrogens with zero attached hydrogens (tertiary/aromatic N) is 3. The molecule has 1 atom stereocenters. The maximum Gasteiger partial charge on any atom is 0.190 e. The van der Waals surface area contributed by atoms with Crippen LogP contribution in [0.4, 0.5) is 10.7 Å². The second-order valence-corrected chi connectivity index (χ2v) is 10.4. The third kappa shape index (κ3) is 4.14. The van der Waals surface area contributed by atoms with Gasteiger partial charge in [0.2, 0.25) is 0 Å². The van der Waals surface area contributed by atoms with Crippen LogP contribution in [-0.2, 0) is 13.1 Å². The van der Waals surface area contributed by atoms with E-state index in [1.165, 1.54) is 11.1 Å². The first-order chi connectivity index (χ1) is 17.6. The average molecular weight is 491 g/mol. The molecule has 0 amide bonds. The van der Waals surface area contributed by atoms with Crippen LogP contribution >= 0.6 is 11.3 Å². The number of aryl methyl sites for hydroxylation is 1. The van der Waals surface area contributed by atoms with Gasteiger partial charge in [0.25, 0.3) is 0 Å². The number of aromatic nitrogens is 2. The Morgan fingerprint density at radius 1 is 0.944 bits per heavy atom. The standard InChI is InChI=1S/C30H26N4OS/c1-19-13-25(20(2)33-27-10-6-5-9-24(27)21-11-12-31-32-16-21)30-26(14-19)28(35)15-29(36-30)34-17-22-7-3-4-8-23(22)18-34/h3-16,20,33H,17-18H2,1-2H3. The van der Waals surface area contributed by atoms with Gasteiger partial charge in [0.1, 0.15) is 0 Å². The Labute approximate surface area is 214 Å². The van der Waals surface area contributed by atoms with Gasteiger partial charge in [0, 0.05) is 52.1 Å². The summed E-state index contributed by atoms with van der Waals surface area (Å²) < 4.78 is 1.04. The molecular formula is C30H26N4OS. The Morgan fingerprint density at radius 2 is 1.69 bits per heavy atom. The van der Waals surface area contributed by atoms with Crippen molar-refractivity contribution in [3.05, 3.63) is 118 Å². The van der Waals surface area contributed by atoms with Crippen LogP contribution in [0, 0.1) is 6.92 Å². The van der Waals surface area contributed by atoms with E-state index in [9.17, 15) is 4.79 Å². The molecule has 0 radical (unpaired) electrons. The van der Waals surface area contributed by atoms with Gasteiger partial charge in [-0.15, -0.1) is 11.3 Å². The van der Waals surface area contributed by atoms with Crippen LogP contribution in [0.3, 0.4) is 0 Å². The van der Waals surface area contributed by atoms with Gasteiger partial charge in [-0.1, -0.05) is 48.5 Å². The summed E-state index contributed by atoms with van der Waals surface area (Å²) in [7, 11) is 0. The highest BCUT2D eigenvalue weighted by atomic mass is 32.1. The average Bonchev–Trinajstić information content (AvgIpc) is 3.34. The predicted molar refractivity (Wildman–Crippen MR) is 149 cm³/mol. The zero-order chi connectivity index (χ0) is 24.6. The number of hydrogen-bond donors (Lipinski definition) is 1. The molecule has 0 fully saturated rings. The molecule has 5 aromatic rings. The molecule has 0 saturated heterocycles. The maximum atomic E-state index is 13.3. The van der Waals surface area contributed by atoms with Gasteiger partial charge in [-0.25, -0.2) is 0 Å². The number of rotatable bonds is 5. The molecule has 1 N–H and O–H groups in total. The van der Waals surface area contributed by atoms with Gasteiger partial charge in [-0.2, -0.15) is 10.2 Å². The number of anilines is 2. The van der Waals surface area contributed by atoms with Crippen LogP contribution in [0.15, 0.2) is 90.0 Å². The summed E-state index contributed by atoms with van der Waals surface area (Å²) >= 11 is 1.71. The van der Waals surface area contributed by atoms with Gasteiger partial charge in [-0.05, 0) is 54.3 Å². The van der Waals surface area contributed by atoms with Gasteiger partial charge in [-0.3, -0.25) is 4.79 Å². The van der Waals surface area contributed by atoms with Crippen LogP contribution in [0.2, 0.25) is 0 Å². The van der Waals surface area contributed by atoms with Crippen LogP contribution < -0.4 is 15.6 Å². The first kappa shape index (κ1) is 22.4. The topological polar surface area (TPSA) is 58.1 Å². The fraction of sp³-hybridized carbons (Fsp3) is 0.167. The van der Waals surface area contributed by atoms with E-state index in [0.29, 0.717) is 0 Å². The SMILES string of the molecule is Cc1cc(C(C)Nc2ccccc2-c2ccnnc2)c2sc(N3Cc4ccccc4C3)cc(=O)c2c1. The molecule has 178 valence electrons. The summed E-state index contributed by atoms with van der Waals surface area (Å²) in [6, 6.07) is 24.7. The van der Waals surface area contributed by atoms with E-state index in [2.05, 4.69) is 76.7 Å². The van der Waals surface area contributed by atoms with Gasteiger partial charge >= 0.3 is 0 Å². The van der Waals surface area contributed by atoms with Gasteiger partial charge < -0.3 is 10.2 Å². The Kier molecular flexibility index (Phi) is 5.74. The van der Waals surface area contributed by atoms with E-state index in [-0.39, 0.29) is 11.5 Å². The molecule has 1 aliphatic rings.